The summed E-state index contributed by atoms with van der Waals surface area (Å²) in [6, 6.07) is 0. The quantitative estimate of drug-likeness (QED) is 0.125. The number of rotatable bonds is 17. The molecule has 0 aromatic heterocycles. The molecule has 2 nitrogen and oxygen atoms in total. The van der Waals surface area contributed by atoms with Crippen LogP contribution in [0.2, 0.25) is 0 Å². The third-order valence-corrected chi connectivity index (χ3v) is 5.19. The smallest absolute Gasteiger partial charge is 0.122 e. The normalized spacial score (nSPS) is 13.2. The highest BCUT2D eigenvalue weighted by molar-refractivity contribution is 7.80. The molecular formula is C21H46O2S2. The van der Waals surface area contributed by atoms with Gasteiger partial charge in [0.15, 0.2) is 0 Å². The molecule has 0 aliphatic rings. The van der Waals surface area contributed by atoms with Gasteiger partial charge < -0.3 is 10.2 Å². The minimum atomic E-state index is -0.898. The van der Waals surface area contributed by atoms with Gasteiger partial charge >= 0.3 is 0 Å². The molecule has 0 fully saturated rings. The van der Waals surface area contributed by atoms with Crippen molar-refractivity contribution in [2.24, 2.45) is 0 Å². The molecule has 2 N–H and O–H groups in total. The summed E-state index contributed by atoms with van der Waals surface area (Å²) in [5.74, 6) is 1.07. The molecular weight excluding hydrogens is 348 g/mol. The highest BCUT2D eigenvalue weighted by atomic mass is 32.1. The van der Waals surface area contributed by atoms with E-state index in [1.807, 2.05) is 0 Å². The van der Waals surface area contributed by atoms with Crippen molar-refractivity contribution >= 4 is 25.3 Å². The lowest BCUT2D eigenvalue weighted by Gasteiger charge is -2.03. The SMILES string of the molecule is CC(O)C(O)S.CCCCCCCCCCCCCCCCCCS. The number of aliphatic hydroxyl groups is 2. The Kier molecular flexibility index (Phi) is 27.4. The van der Waals surface area contributed by atoms with E-state index >= 15 is 0 Å². The van der Waals surface area contributed by atoms with Crippen LogP contribution in [0.25, 0.3) is 0 Å². The summed E-state index contributed by atoms with van der Waals surface area (Å²) in [5, 5.41) is 16.5. The first-order chi connectivity index (χ1) is 12.1. The predicted octanol–water partition coefficient (Wildman–Crippen LogP) is 6.79. The molecule has 0 heterocycles. The maximum atomic E-state index is 8.30. The van der Waals surface area contributed by atoms with Gasteiger partial charge in [-0.2, -0.15) is 12.6 Å². The lowest BCUT2D eigenvalue weighted by atomic mass is 10.0. The van der Waals surface area contributed by atoms with Gasteiger partial charge in [-0.05, 0) is 19.1 Å². The molecule has 0 aromatic carbocycles. The van der Waals surface area contributed by atoms with Crippen molar-refractivity contribution in [3.63, 3.8) is 0 Å². The zero-order valence-corrected chi connectivity index (χ0v) is 18.8. The van der Waals surface area contributed by atoms with Crippen molar-refractivity contribution in [3.05, 3.63) is 0 Å². The Hall–Kier alpha value is 0.620. The van der Waals surface area contributed by atoms with Crippen molar-refractivity contribution in [1.82, 2.24) is 0 Å². The summed E-state index contributed by atoms with van der Waals surface area (Å²) in [4.78, 5) is 0. The zero-order valence-electron chi connectivity index (χ0n) is 17.0. The summed E-state index contributed by atoms with van der Waals surface area (Å²) in [7, 11) is 0. The first-order valence-corrected chi connectivity index (χ1v) is 11.9. The van der Waals surface area contributed by atoms with Gasteiger partial charge in [-0.15, -0.1) is 12.6 Å². The highest BCUT2D eigenvalue weighted by Crippen LogP contribution is 2.13. The lowest BCUT2D eigenvalue weighted by molar-refractivity contribution is 0.0886. The minimum Gasteiger partial charge on any atom is -0.390 e. The molecule has 2 atom stereocenters. The van der Waals surface area contributed by atoms with Gasteiger partial charge in [0.25, 0.3) is 0 Å². The molecule has 0 aliphatic carbocycles. The van der Waals surface area contributed by atoms with Gasteiger partial charge in [0.05, 0.1) is 6.10 Å². The Morgan fingerprint density at radius 2 is 0.840 bits per heavy atom. The molecule has 0 bridgehead atoms. The third kappa shape index (κ3) is 29.6. The van der Waals surface area contributed by atoms with Crippen LogP contribution in [-0.2, 0) is 0 Å². The summed E-state index contributed by atoms with van der Waals surface area (Å²) >= 11 is 7.74. The first-order valence-electron chi connectivity index (χ1n) is 10.7. The van der Waals surface area contributed by atoms with E-state index in [0.717, 1.165) is 5.75 Å². The molecule has 2 unspecified atom stereocenters. The second-order valence-corrected chi connectivity index (χ2v) is 8.16. The first kappa shape index (κ1) is 27.8. The number of hydrogen-bond acceptors (Lipinski definition) is 4. The Bertz CT molecular complexity index is 202. The average Bonchev–Trinajstić information content (AvgIpc) is 2.59. The highest BCUT2D eigenvalue weighted by Gasteiger charge is 2.00. The molecule has 0 aromatic rings. The molecule has 0 aliphatic heterocycles. The minimum absolute atomic E-state index is 0.728. The molecule has 0 saturated heterocycles. The zero-order chi connectivity index (χ0) is 19.2. The van der Waals surface area contributed by atoms with E-state index in [9.17, 15) is 0 Å². The fraction of sp³-hybridized carbons (Fsp3) is 1.00. The molecule has 0 saturated carbocycles. The van der Waals surface area contributed by atoms with Crippen molar-refractivity contribution in [2.75, 3.05) is 5.75 Å². The van der Waals surface area contributed by atoms with Crippen LogP contribution in [0, 0.1) is 0 Å². The van der Waals surface area contributed by atoms with Crippen LogP contribution >= 0.6 is 25.3 Å². The second kappa shape index (κ2) is 24.6. The lowest BCUT2D eigenvalue weighted by Crippen LogP contribution is -2.14. The van der Waals surface area contributed by atoms with E-state index in [-0.39, 0.29) is 0 Å². The third-order valence-electron chi connectivity index (χ3n) is 4.44. The molecule has 0 rings (SSSR count). The van der Waals surface area contributed by atoms with Gasteiger partial charge in [0.2, 0.25) is 0 Å². The summed E-state index contributed by atoms with van der Waals surface area (Å²) in [6.45, 7) is 3.76. The Labute approximate surface area is 169 Å². The van der Waals surface area contributed by atoms with Crippen molar-refractivity contribution in [3.8, 4) is 0 Å². The van der Waals surface area contributed by atoms with Crippen molar-refractivity contribution in [1.29, 1.82) is 0 Å². The number of aliphatic hydroxyl groups excluding tert-OH is 2. The van der Waals surface area contributed by atoms with Gasteiger partial charge in [-0.1, -0.05) is 103 Å². The standard InChI is InChI=1S/C18H38S.C3H8O2S/c1-2-3-4-5-6-7-8-9-10-11-12-13-14-15-16-17-18-19;1-2(4)3(5)6/h19H,2-18H2,1H3;2-6H,1H3. The van der Waals surface area contributed by atoms with Crippen molar-refractivity contribution in [2.45, 2.75) is 128 Å². The Morgan fingerprint density at radius 1 is 0.600 bits per heavy atom. The molecule has 0 spiro atoms. The summed E-state index contributed by atoms with van der Waals surface area (Å²) < 4.78 is 0. The Balaban J connectivity index is 0. The molecule has 25 heavy (non-hydrogen) atoms. The average molecular weight is 395 g/mol. The summed E-state index contributed by atoms with van der Waals surface area (Å²) in [6.07, 6.45) is 22.4. The predicted molar refractivity (Wildman–Crippen MR) is 120 cm³/mol. The van der Waals surface area contributed by atoms with Crippen LogP contribution in [0.1, 0.15) is 117 Å². The fourth-order valence-electron chi connectivity index (χ4n) is 2.66. The van der Waals surface area contributed by atoms with E-state index in [0.29, 0.717) is 0 Å². The maximum absolute atomic E-state index is 8.30. The maximum Gasteiger partial charge on any atom is 0.122 e. The van der Waals surface area contributed by atoms with E-state index in [2.05, 4.69) is 32.2 Å². The molecule has 0 amide bonds. The van der Waals surface area contributed by atoms with Crippen LogP contribution in [0.4, 0.5) is 0 Å². The van der Waals surface area contributed by atoms with E-state index < -0.39 is 11.5 Å². The van der Waals surface area contributed by atoms with Crippen LogP contribution in [0.15, 0.2) is 0 Å². The number of hydrogen-bond donors (Lipinski definition) is 4. The van der Waals surface area contributed by atoms with E-state index in [1.165, 1.54) is 110 Å². The van der Waals surface area contributed by atoms with Gasteiger partial charge in [-0.25, -0.2) is 0 Å². The molecule has 0 radical (unpaired) electrons. The van der Waals surface area contributed by atoms with Gasteiger partial charge in [0, 0.05) is 0 Å². The van der Waals surface area contributed by atoms with Crippen LogP contribution < -0.4 is 0 Å². The van der Waals surface area contributed by atoms with Crippen molar-refractivity contribution < 1.29 is 10.2 Å². The van der Waals surface area contributed by atoms with E-state index in [4.69, 9.17) is 10.2 Å². The number of thiol groups is 2. The topological polar surface area (TPSA) is 40.5 Å². The van der Waals surface area contributed by atoms with Crippen LogP contribution in [0.3, 0.4) is 0 Å². The van der Waals surface area contributed by atoms with Crippen LogP contribution in [0.5, 0.6) is 0 Å². The van der Waals surface area contributed by atoms with Gasteiger partial charge in [0.1, 0.15) is 5.44 Å². The van der Waals surface area contributed by atoms with Crippen LogP contribution in [-0.4, -0.2) is 27.5 Å². The molecule has 154 valence electrons. The van der Waals surface area contributed by atoms with Gasteiger partial charge in [-0.3, -0.25) is 0 Å². The summed E-state index contributed by atoms with van der Waals surface area (Å²) in [5.41, 5.74) is -0.898. The second-order valence-electron chi connectivity index (χ2n) is 7.18. The number of unbranched alkanes of at least 4 members (excludes halogenated alkanes) is 15. The fourth-order valence-corrected chi connectivity index (χ4v) is 2.88. The molecule has 4 heteroatoms. The largest absolute Gasteiger partial charge is 0.390 e. The van der Waals surface area contributed by atoms with E-state index in [1.54, 1.807) is 0 Å². The Morgan fingerprint density at radius 3 is 1.04 bits per heavy atom. The monoisotopic (exact) mass is 394 g/mol.